The quantitative estimate of drug-likeness (QED) is 0.561. The van der Waals surface area contributed by atoms with Gasteiger partial charge in [-0.25, -0.2) is 4.79 Å². The summed E-state index contributed by atoms with van der Waals surface area (Å²) in [5.74, 6) is 0.592. The van der Waals surface area contributed by atoms with Crippen LogP contribution in [-0.2, 0) is 10.3 Å². The molecule has 2 aliphatic rings. The molecule has 0 aliphatic carbocycles. The van der Waals surface area contributed by atoms with Crippen LogP contribution in [0.25, 0.3) is 11.1 Å². The molecule has 3 N–H and O–H groups in total. The maximum atomic E-state index is 13.8. The lowest BCUT2D eigenvalue weighted by Gasteiger charge is -2.44. The number of hydrogen-bond acceptors (Lipinski definition) is 5. The standard InChI is InChI=1S/C25H26N4O4/c1-15-22(16(2)33-28-15)17-10-11-21-20(13-17)25(23(30)27-21,18-7-4-3-5-8-18)29-12-6-9-19(14-29)26-24(31)32/h3-5,7-8,10-11,13,19,26H,6,9,12,14H2,1-2H3,(H,27,30)(H,31,32). The van der Waals surface area contributed by atoms with E-state index in [1.807, 2.05) is 62.4 Å². The molecule has 2 aliphatic heterocycles. The van der Waals surface area contributed by atoms with Crippen molar-refractivity contribution in [2.24, 2.45) is 0 Å². The van der Waals surface area contributed by atoms with E-state index in [0.717, 1.165) is 52.2 Å². The number of aryl methyl sites for hydroxylation is 2. The largest absolute Gasteiger partial charge is 0.465 e. The normalized spacial score (nSPS) is 22.6. The van der Waals surface area contributed by atoms with Gasteiger partial charge in [-0.3, -0.25) is 9.69 Å². The Labute approximate surface area is 191 Å². The molecule has 1 fully saturated rings. The predicted octanol–water partition coefficient (Wildman–Crippen LogP) is 3.89. The van der Waals surface area contributed by atoms with Gasteiger partial charge in [-0.05, 0) is 56.5 Å². The molecule has 3 heterocycles. The summed E-state index contributed by atoms with van der Waals surface area (Å²) in [4.78, 5) is 27.2. The fourth-order valence-corrected chi connectivity index (χ4v) is 5.37. The Morgan fingerprint density at radius 2 is 2.03 bits per heavy atom. The number of nitrogens with zero attached hydrogens (tertiary/aromatic N) is 2. The number of carbonyl (C=O) groups is 2. The number of rotatable bonds is 4. The van der Waals surface area contributed by atoms with E-state index in [4.69, 9.17) is 4.52 Å². The topological polar surface area (TPSA) is 108 Å². The maximum absolute atomic E-state index is 13.8. The summed E-state index contributed by atoms with van der Waals surface area (Å²) < 4.78 is 5.39. The zero-order valence-corrected chi connectivity index (χ0v) is 18.6. The molecule has 3 aromatic rings. The van der Waals surface area contributed by atoms with Crippen molar-refractivity contribution in [1.29, 1.82) is 0 Å². The average molecular weight is 447 g/mol. The van der Waals surface area contributed by atoms with Crippen LogP contribution in [0.15, 0.2) is 53.1 Å². The molecular weight excluding hydrogens is 420 g/mol. The van der Waals surface area contributed by atoms with Crippen molar-refractivity contribution in [3.05, 3.63) is 71.1 Å². The number of nitrogens with one attached hydrogen (secondary N) is 2. The third kappa shape index (κ3) is 3.38. The molecule has 170 valence electrons. The van der Waals surface area contributed by atoms with Crippen molar-refractivity contribution >= 4 is 17.7 Å². The second kappa shape index (κ2) is 8.04. The Morgan fingerprint density at radius 1 is 1.24 bits per heavy atom. The van der Waals surface area contributed by atoms with Gasteiger partial charge in [0.1, 0.15) is 5.76 Å². The van der Waals surface area contributed by atoms with Crippen LogP contribution in [0.3, 0.4) is 0 Å². The number of fused-ring (bicyclic) bond motifs is 1. The first-order chi connectivity index (χ1) is 15.9. The number of amides is 2. The lowest BCUT2D eigenvalue weighted by Crippen LogP contribution is -2.58. The van der Waals surface area contributed by atoms with Crippen molar-refractivity contribution in [1.82, 2.24) is 15.4 Å². The van der Waals surface area contributed by atoms with Gasteiger partial charge >= 0.3 is 6.09 Å². The van der Waals surface area contributed by atoms with Gasteiger partial charge in [-0.2, -0.15) is 0 Å². The van der Waals surface area contributed by atoms with Crippen LogP contribution in [0.1, 0.15) is 35.4 Å². The SMILES string of the molecule is Cc1noc(C)c1-c1ccc2c(c1)C(c1ccccc1)(N1CCCC(NC(=O)O)C1)C(=O)N2. The van der Waals surface area contributed by atoms with Crippen molar-refractivity contribution < 1.29 is 19.2 Å². The van der Waals surface area contributed by atoms with E-state index in [1.165, 1.54) is 0 Å². The molecule has 8 heteroatoms. The van der Waals surface area contributed by atoms with Crippen LogP contribution < -0.4 is 10.6 Å². The minimum absolute atomic E-state index is 0.129. The fourth-order valence-electron chi connectivity index (χ4n) is 5.37. The lowest BCUT2D eigenvalue weighted by molar-refractivity contribution is -0.126. The van der Waals surface area contributed by atoms with E-state index in [0.29, 0.717) is 13.1 Å². The summed E-state index contributed by atoms with van der Waals surface area (Å²) in [6.07, 6.45) is 0.472. The summed E-state index contributed by atoms with van der Waals surface area (Å²) in [6, 6.07) is 15.4. The first kappa shape index (κ1) is 21.2. The number of hydrogen-bond donors (Lipinski definition) is 3. The van der Waals surface area contributed by atoms with Crippen LogP contribution in [0, 0.1) is 13.8 Å². The Balaban J connectivity index is 1.69. The summed E-state index contributed by atoms with van der Waals surface area (Å²) in [5, 5.41) is 19.1. The van der Waals surface area contributed by atoms with Crippen LogP contribution in [-0.4, -0.2) is 46.3 Å². The van der Waals surface area contributed by atoms with Gasteiger partial charge in [0.2, 0.25) is 0 Å². The zero-order valence-electron chi connectivity index (χ0n) is 18.6. The summed E-state index contributed by atoms with van der Waals surface area (Å²) in [7, 11) is 0. The van der Waals surface area contributed by atoms with E-state index >= 15 is 0 Å². The highest BCUT2D eigenvalue weighted by Crippen LogP contribution is 2.48. The molecule has 2 unspecified atom stereocenters. The molecule has 1 saturated heterocycles. The Bertz CT molecular complexity index is 1200. The molecular formula is C25H26N4O4. The highest BCUT2D eigenvalue weighted by Gasteiger charge is 2.53. The van der Waals surface area contributed by atoms with Gasteiger partial charge in [0.05, 0.1) is 5.69 Å². The number of carboxylic acid groups (broad SMARTS) is 1. The highest BCUT2D eigenvalue weighted by molar-refractivity contribution is 6.09. The Hall–Kier alpha value is -3.65. The van der Waals surface area contributed by atoms with Gasteiger partial charge in [0, 0.05) is 29.4 Å². The minimum Gasteiger partial charge on any atom is -0.465 e. The van der Waals surface area contributed by atoms with Crippen LogP contribution in [0.2, 0.25) is 0 Å². The van der Waals surface area contributed by atoms with Crippen molar-refractivity contribution in [3.63, 3.8) is 0 Å². The number of carbonyl (C=O) groups excluding carboxylic acids is 1. The van der Waals surface area contributed by atoms with E-state index in [2.05, 4.69) is 20.7 Å². The van der Waals surface area contributed by atoms with Gasteiger partial charge in [0.25, 0.3) is 5.91 Å². The van der Waals surface area contributed by atoms with Crippen LogP contribution >= 0.6 is 0 Å². The van der Waals surface area contributed by atoms with E-state index in [9.17, 15) is 14.7 Å². The third-order valence-electron chi connectivity index (χ3n) is 6.72. The van der Waals surface area contributed by atoms with Crippen molar-refractivity contribution in [3.8, 4) is 11.1 Å². The fraction of sp³-hybridized carbons (Fsp3) is 0.320. The first-order valence-electron chi connectivity index (χ1n) is 11.1. The van der Waals surface area contributed by atoms with Gasteiger partial charge in [-0.1, -0.05) is 41.6 Å². The van der Waals surface area contributed by atoms with Crippen molar-refractivity contribution in [2.45, 2.75) is 38.3 Å². The number of anilines is 1. The van der Waals surface area contributed by atoms with E-state index in [-0.39, 0.29) is 11.9 Å². The minimum atomic E-state index is -1.07. The second-order valence-electron chi connectivity index (χ2n) is 8.72. The molecule has 2 amide bonds. The van der Waals surface area contributed by atoms with Crippen LogP contribution in [0.5, 0.6) is 0 Å². The monoisotopic (exact) mass is 446 g/mol. The van der Waals surface area contributed by atoms with Gasteiger partial charge in [-0.15, -0.1) is 0 Å². The number of aromatic nitrogens is 1. The second-order valence-corrected chi connectivity index (χ2v) is 8.72. The average Bonchev–Trinajstić information content (AvgIpc) is 3.29. The number of likely N-dealkylation sites (tertiary alicyclic amines) is 1. The van der Waals surface area contributed by atoms with Gasteiger partial charge < -0.3 is 20.3 Å². The third-order valence-corrected chi connectivity index (χ3v) is 6.72. The smallest absolute Gasteiger partial charge is 0.404 e. The van der Waals surface area contributed by atoms with E-state index in [1.54, 1.807) is 0 Å². The molecule has 2 aromatic carbocycles. The molecule has 8 nitrogen and oxygen atoms in total. The van der Waals surface area contributed by atoms with Crippen LogP contribution in [0.4, 0.5) is 10.5 Å². The van der Waals surface area contributed by atoms with Crippen molar-refractivity contribution in [2.75, 3.05) is 18.4 Å². The molecule has 0 bridgehead atoms. The lowest BCUT2D eigenvalue weighted by atomic mass is 9.79. The van der Waals surface area contributed by atoms with E-state index < -0.39 is 11.6 Å². The molecule has 33 heavy (non-hydrogen) atoms. The maximum Gasteiger partial charge on any atom is 0.404 e. The zero-order chi connectivity index (χ0) is 23.2. The highest BCUT2D eigenvalue weighted by atomic mass is 16.5. The molecule has 2 atom stereocenters. The first-order valence-corrected chi connectivity index (χ1v) is 11.1. The molecule has 0 radical (unpaired) electrons. The number of benzene rings is 2. The van der Waals surface area contributed by atoms with Gasteiger partial charge in [0.15, 0.2) is 5.54 Å². The Kier molecular flexibility index (Phi) is 5.17. The summed E-state index contributed by atoms with van der Waals surface area (Å²) >= 11 is 0. The molecule has 0 saturated carbocycles. The summed E-state index contributed by atoms with van der Waals surface area (Å²) in [6.45, 7) is 4.89. The molecule has 0 spiro atoms. The Morgan fingerprint density at radius 3 is 2.73 bits per heavy atom. The predicted molar refractivity (Wildman–Crippen MR) is 123 cm³/mol. The number of piperidine rings is 1. The summed E-state index contributed by atoms with van der Waals surface area (Å²) in [5.41, 5.74) is 4.04. The molecule has 5 rings (SSSR count). The molecule has 1 aromatic heterocycles.